The number of nitrogens with zero attached hydrogens (tertiary/aromatic N) is 4. The molecule has 4 aliphatic rings. The molecule has 46 heavy (non-hydrogen) atoms. The highest BCUT2D eigenvalue weighted by atomic mass is 19.4. The van der Waals surface area contributed by atoms with Gasteiger partial charge >= 0.3 is 18.2 Å². The topological polar surface area (TPSA) is 113 Å². The highest BCUT2D eigenvalue weighted by molar-refractivity contribution is 5.96. The van der Waals surface area contributed by atoms with Gasteiger partial charge in [-0.05, 0) is 50.2 Å². The van der Waals surface area contributed by atoms with E-state index in [-0.39, 0.29) is 17.6 Å². The molecule has 0 bridgehead atoms. The number of aliphatic carboxylic acids is 1. The van der Waals surface area contributed by atoms with Crippen molar-refractivity contribution >= 4 is 18.0 Å². The second kappa shape index (κ2) is 16.1. The summed E-state index contributed by atoms with van der Waals surface area (Å²) in [5.74, 6) is -1.29. The fourth-order valence-electron chi connectivity index (χ4n) is 7.56. The van der Waals surface area contributed by atoms with Crippen LogP contribution in [0, 0.1) is 11.8 Å². The normalized spacial score (nSPS) is 23.0. The Morgan fingerprint density at radius 1 is 1.09 bits per heavy atom. The van der Waals surface area contributed by atoms with Crippen LogP contribution in [0.4, 0.5) is 18.0 Å². The van der Waals surface area contributed by atoms with Crippen LogP contribution in [0.1, 0.15) is 94.3 Å². The third kappa shape index (κ3) is 9.04. The Kier molecular flexibility index (Phi) is 12.6. The number of aromatic nitrogens is 1. The number of ether oxygens (including phenoxy) is 2. The van der Waals surface area contributed by atoms with E-state index in [2.05, 4.69) is 21.7 Å². The highest BCUT2D eigenvalue weighted by Gasteiger charge is 2.50. The molecule has 0 aromatic carbocycles. The zero-order valence-electron chi connectivity index (χ0n) is 27.1. The quantitative estimate of drug-likeness (QED) is 0.363. The Balaban J connectivity index is 0.000000617. The molecule has 10 nitrogen and oxygen atoms in total. The number of pyridine rings is 1. The van der Waals surface area contributed by atoms with Crippen molar-refractivity contribution in [2.75, 3.05) is 46.4 Å². The van der Waals surface area contributed by atoms with Crippen LogP contribution in [0.5, 0.6) is 5.88 Å². The standard InChI is InChI=1S/C31H48N4O4.C2HF3O2/c1-3-4-11-25-23-35(22-24-9-6-5-7-10-24)30(37)39-31(25)15-20-33(21-16-31)26-13-18-34(19-14-26)29(36)27-12-8-17-32-28(27)38-2;3-2(4,5)1(6)7/h8,12,17,24-26H,3-7,9-11,13-16,18-23H2,1-2H3;(H,6,7). The molecular formula is C33H49F3N4O6. The number of amides is 2. The molecule has 1 saturated carbocycles. The largest absolute Gasteiger partial charge is 0.490 e. The van der Waals surface area contributed by atoms with Gasteiger partial charge < -0.3 is 24.4 Å². The van der Waals surface area contributed by atoms with Crippen molar-refractivity contribution < 1.29 is 42.1 Å². The third-order valence-corrected chi connectivity index (χ3v) is 10.2. The molecule has 1 atom stereocenters. The number of alkyl halides is 3. The number of likely N-dealkylation sites (tertiary alicyclic amines) is 2. The number of methoxy groups -OCH3 is 1. The van der Waals surface area contributed by atoms with Gasteiger partial charge in [-0.15, -0.1) is 0 Å². The molecule has 1 aliphatic carbocycles. The molecule has 258 valence electrons. The lowest BCUT2D eigenvalue weighted by Gasteiger charge is -2.52. The van der Waals surface area contributed by atoms with Gasteiger partial charge in [0, 0.05) is 70.3 Å². The SMILES string of the molecule is CCCCC1CN(CC2CCCCC2)C(=O)OC12CCN(C1CCN(C(=O)c3cccnc3OC)CC1)CC2.O=C(O)C(F)(F)F. The molecule has 1 spiro atoms. The lowest BCUT2D eigenvalue weighted by Crippen LogP contribution is -2.61. The van der Waals surface area contributed by atoms with Crippen molar-refractivity contribution in [3.8, 4) is 5.88 Å². The molecule has 3 saturated heterocycles. The monoisotopic (exact) mass is 654 g/mol. The number of carbonyl (C=O) groups excluding carboxylic acids is 2. The molecule has 2 amide bonds. The number of carbonyl (C=O) groups is 3. The lowest BCUT2D eigenvalue weighted by atomic mass is 9.75. The Bertz CT molecular complexity index is 1160. The highest BCUT2D eigenvalue weighted by Crippen LogP contribution is 2.42. The summed E-state index contributed by atoms with van der Waals surface area (Å²) in [6, 6.07) is 4.05. The van der Waals surface area contributed by atoms with Crippen LogP contribution in [-0.4, -0.2) is 107 Å². The Morgan fingerprint density at radius 2 is 1.74 bits per heavy atom. The molecule has 3 aliphatic heterocycles. The van der Waals surface area contributed by atoms with Gasteiger partial charge in [-0.25, -0.2) is 14.6 Å². The van der Waals surface area contributed by atoms with Crippen LogP contribution in [-0.2, 0) is 9.53 Å². The van der Waals surface area contributed by atoms with Gasteiger partial charge in [-0.2, -0.15) is 13.2 Å². The van der Waals surface area contributed by atoms with E-state index >= 15 is 0 Å². The predicted molar refractivity (Wildman–Crippen MR) is 165 cm³/mol. The zero-order valence-corrected chi connectivity index (χ0v) is 27.1. The van der Waals surface area contributed by atoms with Gasteiger partial charge in [-0.1, -0.05) is 39.0 Å². The summed E-state index contributed by atoms with van der Waals surface area (Å²) in [4.78, 5) is 46.0. The number of piperidine rings is 2. The number of halogens is 3. The molecule has 1 N–H and O–H groups in total. The minimum atomic E-state index is -5.08. The maximum Gasteiger partial charge on any atom is 0.490 e. The summed E-state index contributed by atoms with van der Waals surface area (Å²) < 4.78 is 43.5. The second-order valence-electron chi connectivity index (χ2n) is 13.1. The number of carboxylic acid groups (broad SMARTS) is 1. The summed E-state index contributed by atoms with van der Waals surface area (Å²) >= 11 is 0. The van der Waals surface area contributed by atoms with Gasteiger partial charge in [0.1, 0.15) is 11.2 Å². The van der Waals surface area contributed by atoms with E-state index in [0.717, 1.165) is 71.4 Å². The Labute approximate surface area is 269 Å². The summed E-state index contributed by atoms with van der Waals surface area (Å²) in [7, 11) is 1.55. The van der Waals surface area contributed by atoms with E-state index in [0.29, 0.717) is 29.3 Å². The van der Waals surface area contributed by atoms with Crippen molar-refractivity contribution in [2.45, 2.75) is 102 Å². The van der Waals surface area contributed by atoms with Crippen LogP contribution < -0.4 is 4.74 Å². The summed E-state index contributed by atoms with van der Waals surface area (Å²) in [6.45, 7) is 7.42. The van der Waals surface area contributed by atoms with E-state index in [1.54, 1.807) is 25.4 Å². The number of hydrogen-bond donors (Lipinski definition) is 1. The number of rotatable bonds is 8. The molecule has 1 aromatic heterocycles. The molecular weight excluding hydrogens is 605 g/mol. The van der Waals surface area contributed by atoms with E-state index in [1.165, 1.54) is 44.9 Å². The smallest absolute Gasteiger partial charge is 0.480 e. The Hall–Kier alpha value is -3.09. The predicted octanol–water partition coefficient (Wildman–Crippen LogP) is 6.00. The maximum absolute atomic E-state index is 13.2. The van der Waals surface area contributed by atoms with Gasteiger partial charge in [0.15, 0.2) is 0 Å². The van der Waals surface area contributed by atoms with Crippen molar-refractivity contribution in [3.05, 3.63) is 23.9 Å². The Morgan fingerprint density at radius 3 is 2.33 bits per heavy atom. The van der Waals surface area contributed by atoms with Crippen molar-refractivity contribution in [1.82, 2.24) is 19.7 Å². The summed E-state index contributed by atoms with van der Waals surface area (Å²) in [5, 5.41) is 7.12. The van der Waals surface area contributed by atoms with E-state index < -0.39 is 12.1 Å². The molecule has 13 heteroatoms. The average molecular weight is 655 g/mol. The minimum Gasteiger partial charge on any atom is -0.480 e. The first-order valence-electron chi connectivity index (χ1n) is 16.8. The van der Waals surface area contributed by atoms with Gasteiger partial charge in [0.2, 0.25) is 5.88 Å². The summed E-state index contributed by atoms with van der Waals surface area (Å²) in [5.41, 5.74) is 0.229. The lowest BCUT2D eigenvalue weighted by molar-refractivity contribution is -0.192. The van der Waals surface area contributed by atoms with Gasteiger partial charge in [-0.3, -0.25) is 9.69 Å². The van der Waals surface area contributed by atoms with E-state index in [9.17, 15) is 22.8 Å². The maximum atomic E-state index is 13.2. The molecule has 4 heterocycles. The summed E-state index contributed by atoms with van der Waals surface area (Å²) in [6.07, 6.45) is 10.3. The number of carboxylic acids is 1. The number of hydrogen-bond acceptors (Lipinski definition) is 7. The fourth-order valence-corrected chi connectivity index (χ4v) is 7.56. The van der Waals surface area contributed by atoms with Crippen molar-refractivity contribution in [2.24, 2.45) is 11.8 Å². The molecule has 0 radical (unpaired) electrons. The van der Waals surface area contributed by atoms with Gasteiger partial charge in [0.25, 0.3) is 5.91 Å². The minimum absolute atomic E-state index is 0.00154. The van der Waals surface area contributed by atoms with E-state index in [4.69, 9.17) is 19.4 Å². The van der Waals surface area contributed by atoms with Crippen molar-refractivity contribution in [1.29, 1.82) is 0 Å². The second-order valence-corrected chi connectivity index (χ2v) is 13.1. The van der Waals surface area contributed by atoms with Crippen LogP contribution in [0.25, 0.3) is 0 Å². The third-order valence-electron chi connectivity index (χ3n) is 10.2. The van der Waals surface area contributed by atoms with Crippen molar-refractivity contribution in [3.63, 3.8) is 0 Å². The first-order chi connectivity index (χ1) is 22.0. The first kappa shape index (κ1) is 35.8. The van der Waals surface area contributed by atoms with Gasteiger partial charge in [0.05, 0.1) is 7.11 Å². The van der Waals surface area contributed by atoms with E-state index in [1.807, 2.05) is 4.90 Å². The fraction of sp³-hybridized carbons (Fsp3) is 0.758. The number of unbranched alkanes of at least 4 members (excludes halogenated alkanes) is 1. The first-order valence-corrected chi connectivity index (χ1v) is 16.8. The molecule has 1 unspecified atom stereocenters. The molecule has 4 fully saturated rings. The molecule has 5 rings (SSSR count). The van der Waals surface area contributed by atoms with Crippen LogP contribution in [0.2, 0.25) is 0 Å². The zero-order chi connectivity index (χ0) is 33.3. The van der Waals surface area contributed by atoms with Crippen LogP contribution in [0.15, 0.2) is 18.3 Å². The van der Waals surface area contributed by atoms with Crippen LogP contribution >= 0.6 is 0 Å². The van der Waals surface area contributed by atoms with Crippen LogP contribution in [0.3, 0.4) is 0 Å². The average Bonchev–Trinajstić information content (AvgIpc) is 3.06. The molecule has 1 aromatic rings.